The van der Waals surface area contributed by atoms with Gasteiger partial charge in [0.25, 0.3) is 0 Å². The van der Waals surface area contributed by atoms with Crippen LogP contribution in [0.5, 0.6) is 0 Å². The summed E-state index contributed by atoms with van der Waals surface area (Å²) in [6, 6.07) is 9.46. The molecule has 0 fully saturated rings. The van der Waals surface area contributed by atoms with E-state index < -0.39 is 0 Å². The standard InChI is InChI=1S/C24H30FNO/c1-16-10-21(11-17(2)23(16)13-22(27)14-24(3,4)5)26-9-8-18-6-7-20(25)12-19(18)15-26/h6-7,10-12H,8-9,13-15H2,1-5H3. The van der Waals surface area contributed by atoms with Gasteiger partial charge in [0.15, 0.2) is 0 Å². The molecule has 0 spiro atoms. The Balaban J connectivity index is 1.80. The summed E-state index contributed by atoms with van der Waals surface area (Å²) >= 11 is 0. The molecule has 3 heteroatoms. The van der Waals surface area contributed by atoms with Crippen LogP contribution in [0.2, 0.25) is 0 Å². The Labute approximate surface area is 162 Å². The number of carbonyl (C=O) groups excluding carboxylic acids is 1. The van der Waals surface area contributed by atoms with Crippen LogP contribution in [-0.2, 0) is 24.2 Å². The molecule has 2 aromatic carbocycles. The van der Waals surface area contributed by atoms with Crippen LogP contribution in [0.25, 0.3) is 0 Å². The van der Waals surface area contributed by atoms with Crippen LogP contribution in [-0.4, -0.2) is 12.3 Å². The smallest absolute Gasteiger partial charge is 0.137 e. The molecule has 0 N–H and O–H groups in total. The van der Waals surface area contributed by atoms with Crippen molar-refractivity contribution in [2.75, 3.05) is 11.4 Å². The minimum absolute atomic E-state index is 0.0231. The fourth-order valence-corrected chi connectivity index (χ4v) is 4.03. The lowest BCUT2D eigenvalue weighted by atomic mass is 9.86. The van der Waals surface area contributed by atoms with Gasteiger partial charge >= 0.3 is 0 Å². The predicted octanol–water partition coefficient (Wildman–Crippen LogP) is 5.55. The topological polar surface area (TPSA) is 20.3 Å². The van der Waals surface area contributed by atoms with Crippen molar-refractivity contribution in [3.8, 4) is 0 Å². The maximum atomic E-state index is 13.6. The number of nitrogens with zero attached hydrogens (tertiary/aromatic N) is 1. The van der Waals surface area contributed by atoms with Crippen molar-refractivity contribution in [2.45, 2.75) is 60.4 Å². The lowest BCUT2D eigenvalue weighted by molar-refractivity contribution is -0.120. The van der Waals surface area contributed by atoms with Gasteiger partial charge in [-0.15, -0.1) is 0 Å². The molecule has 0 saturated carbocycles. The highest BCUT2D eigenvalue weighted by molar-refractivity contribution is 5.82. The number of halogens is 1. The monoisotopic (exact) mass is 367 g/mol. The first kappa shape index (κ1) is 19.6. The zero-order valence-corrected chi connectivity index (χ0v) is 17.2. The summed E-state index contributed by atoms with van der Waals surface area (Å²) in [6.07, 6.45) is 2.03. The summed E-state index contributed by atoms with van der Waals surface area (Å²) in [5, 5.41) is 0. The van der Waals surface area contributed by atoms with Gasteiger partial charge in [-0.2, -0.15) is 0 Å². The number of anilines is 1. The van der Waals surface area contributed by atoms with Gasteiger partial charge in [0.2, 0.25) is 0 Å². The lowest BCUT2D eigenvalue weighted by Crippen LogP contribution is -2.30. The Kier molecular flexibility index (Phi) is 5.41. The molecule has 0 saturated heterocycles. The van der Waals surface area contributed by atoms with Crippen LogP contribution in [0.3, 0.4) is 0 Å². The van der Waals surface area contributed by atoms with E-state index in [4.69, 9.17) is 0 Å². The average molecular weight is 368 g/mol. The maximum absolute atomic E-state index is 13.6. The van der Waals surface area contributed by atoms with Crippen LogP contribution in [0.4, 0.5) is 10.1 Å². The summed E-state index contributed by atoms with van der Waals surface area (Å²) in [7, 11) is 0. The molecule has 27 heavy (non-hydrogen) atoms. The molecular formula is C24H30FNO. The van der Waals surface area contributed by atoms with Crippen molar-refractivity contribution in [3.05, 3.63) is 64.0 Å². The fourth-order valence-electron chi connectivity index (χ4n) is 4.03. The molecule has 2 aromatic rings. The van der Waals surface area contributed by atoms with E-state index in [2.05, 4.69) is 51.7 Å². The van der Waals surface area contributed by atoms with Crippen molar-refractivity contribution in [3.63, 3.8) is 0 Å². The number of aryl methyl sites for hydroxylation is 2. The van der Waals surface area contributed by atoms with Gasteiger partial charge in [0.1, 0.15) is 11.6 Å². The van der Waals surface area contributed by atoms with Gasteiger partial charge in [-0.25, -0.2) is 4.39 Å². The molecule has 3 rings (SSSR count). The molecule has 144 valence electrons. The largest absolute Gasteiger partial charge is 0.367 e. The molecule has 0 aromatic heterocycles. The first-order chi connectivity index (χ1) is 12.6. The van der Waals surface area contributed by atoms with E-state index >= 15 is 0 Å². The van der Waals surface area contributed by atoms with Gasteiger partial charge in [-0.1, -0.05) is 26.8 Å². The Morgan fingerprint density at radius 1 is 1.07 bits per heavy atom. The van der Waals surface area contributed by atoms with Gasteiger partial charge in [0.05, 0.1) is 0 Å². The zero-order chi connectivity index (χ0) is 19.8. The normalized spacial score (nSPS) is 14.2. The van der Waals surface area contributed by atoms with Crippen molar-refractivity contribution in [2.24, 2.45) is 5.41 Å². The third-order valence-corrected chi connectivity index (χ3v) is 5.33. The van der Waals surface area contributed by atoms with E-state index in [-0.39, 0.29) is 11.2 Å². The number of ketones is 1. The van der Waals surface area contributed by atoms with E-state index in [0.717, 1.165) is 47.5 Å². The molecular weight excluding hydrogens is 337 g/mol. The van der Waals surface area contributed by atoms with Crippen molar-refractivity contribution >= 4 is 11.5 Å². The molecule has 1 aliphatic heterocycles. The minimum atomic E-state index is -0.171. The molecule has 0 unspecified atom stereocenters. The molecule has 0 radical (unpaired) electrons. The summed E-state index contributed by atoms with van der Waals surface area (Å²) in [6.45, 7) is 12.1. The Morgan fingerprint density at radius 3 is 2.37 bits per heavy atom. The molecule has 0 amide bonds. The number of hydrogen-bond donors (Lipinski definition) is 0. The van der Waals surface area contributed by atoms with Gasteiger partial charge < -0.3 is 4.90 Å². The van der Waals surface area contributed by atoms with E-state index in [0.29, 0.717) is 18.6 Å². The SMILES string of the molecule is Cc1cc(N2CCc3ccc(F)cc3C2)cc(C)c1CC(=O)CC(C)(C)C. The van der Waals surface area contributed by atoms with Crippen molar-refractivity contribution in [1.29, 1.82) is 0 Å². The second kappa shape index (κ2) is 7.46. The molecule has 1 aliphatic rings. The summed E-state index contributed by atoms with van der Waals surface area (Å²) < 4.78 is 13.6. The molecule has 1 heterocycles. The maximum Gasteiger partial charge on any atom is 0.137 e. The summed E-state index contributed by atoms with van der Waals surface area (Å²) in [5.41, 5.74) is 6.97. The predicted molar refractivity (Wildman–Crippen MR) is 110 cm³/mol. The van der Waals surface area contributed by atoms with E-state index in [1.54, 1.807) is 12.1 Å². The highest BCUT2D eigenvalue weighted by Gasteiger charge is 2.20. The third-order valence-electron chi connectivity index (χ3n) is 5.33. The van der Waals surface area contributed by atoms with E-state index in [9.17, 15) is 9.18 Å². The number of carbonyl (C=O) groups is 1. The summed E-state index contributed by atoms with van der Waals surface area (Å²) in [5.74, 6) is 0.125. The minimum Gasteiger partial charge on any atom is -0.367 e. The number of fused-ring (bicyclic) bond motifs is 1. The number of Topliss-reactive ketones (excluding diaryl/α,β-unsaturated/α-hetero) is 1. The Hall–Kier alpha value is -2.16. The Bertz CT molecular complexity index is 840. The van der Waals surface area contributed by atoms with Crippen LogP contribution in [0.15, 0.2) is 30.3 Å². The lowest BCUT2D eigenvalue weighted by Gasteiger charge is -2.31. The molecule has 0 atom stereocenters. The van der Waals surface area contributed by atoms with Crippen LogP contribution in [0, 0.1) is 25.1 Å². The van der Waals surface area contributed by atoms with Gasteiger partial charge in [0, 0.05) is 31.6 Å². The van der Waals surface area contributed by atoms with Crippen LogP contribution < -0.4 is 4.90 Å². The van der Waals surface area contributed by atoms with Crippen molar-refractivity contribution in [1.82, 2.24) is 0 Å². The van der Waals surface area contributed by atoms with Crippen LogP contribution in [0.1, 0.15) is 55.0 Å². The average Bonchev–Trinajstić information content (AvgIpc) is 2.55. The highest BCUT2D eigenvalue weighted by atomic mass is 19.1. The van der Waals surface area contributed by atoms with Crippen molar-refractivity contribution < 1.29 is 9.18 Å². The van der Waals surface area contributed by atoms with Gasteiger partial charge in [-0.05, 0) is 77.8 Å². The second-order valence-electron chi connectivity index (χ2n) is 9.10. The zero-order valence-electron chi connectivity index (χ0n) is 17.2. The highest BCUT2D eigenvalue weighted by Crippen LogP contribution is 2.29. The van der Waals surface area contributed by atoms with E-state index in [1.165, 1.54) is 5.56 Å². The number of rotatable bonds is 4. The van der Waals surface area contributed by atoms with Gasteiger partial charge in [-0.3, -0.25) is 4.79 Å². The first-order valence-corrected chi connectivity index (χ1v) is 9.76. The molecule has 0 bridgehead atoms. The number of hydrogen-bond acceptors (Lipinski definition) is 2. The Morgan fingerprint density at radius 2 is 1.74 bits per heavy atom. The fraction of sp³-hybridized carbons (Fsp3) is 0.458. The first-order valence-electron chi connectivity index (χ1n) is 9.76. The van der Waals surface area contributed by atoms with Crippen LogP contribution >= 0.6 is 0 Å². The second-order valence-corrected chi connectivity index (χ2v) is 9.10. The van der Waals surface area contributed by atoms with E-state index in [1.807, 2.05) is 6.07 Å². The number of benzene rings is 2. The quantitative estimate of drug-likeness (QED) is 0.706. The molecule has 2 nitrogen and oxygen atoms in total. The summed E-state index contributed by atoms with van der Waals surface area (Å²) in [4.78, 5) is 14.8. The molecule has 0 aliphatic carbocycles. The third kappa shape index (κ3) is 4.77.